The van der Waals surface area contributed by atoms with Crippen molar-refractivity contribution < 1.29 is 4.39 Å². The zero-order valence-electron chi connectivity index (χ0n) is 10.0. The van der Waals surface area contributed by atoms with E-state index < -0.39 is 0 Å². The minimum absolute atomic E-state index is 0.163. The van der Waals surface area contributed by atoms with Crippen LogP contribution < -0.4 is 5.32 Å². The van der Waals surface area contributed by atoms with Crippen molar-refractivity contribution in [1.29, 1.82) is 0 Å². The number of hydrogen-bond acceptors (Lipinski definition) is 3. The van der Waals surface area contributed by atoms with Gasteiger partial charge in [0.2, 0.25) is 0 Å². The van der Waals surface area contributed by atoms with Gasteiger partial charge in [-0.2, -0.15) is 0 Å². The molecule has 1 aromatic carbocycles. The van der Waals surface area contributed by atoms with Crippen LogP contribution in [0.15, 0.2) is 23.6 Å². The fourth-order valence-corrected chi connectivity index (χ4v) is 2.52. The van der Waals surface area contributed by atoms with Gasteiger partial charge >= 0.3 is 0 Å². The molecule has 2 rings (SSSR count). The first-order chi connectivity index (χ1) is 8.69. The number of benzene rings is 1. The van der Waals surface area contributed by atoms with Crippen molar-refractivity contribution in [1.82, 2.24) is 10.3 Å². The van der Waals surface area contributed by atoms with E-state index in [1.807, 2.05) is 0 Å². The topological polar surface area (TPSA) is 24.9 Å². The van der Waals surface area contributed by atoms with E-state index in [2.05, 4.69) is 22.6 Å². The van der Waals surface area contributed by atoms with E-state index in [0.29, 0.717) is 13.1 Å². The lowest BCUT2D eigenvalue weighted by molar-refractivity contribution is 0.625. The Morgan fingerprint density at radius 1 is 1.39 bits per heavy atom. The molecule has 0 saturated carbocycles. The van der Waals surface area contributed by atoms with Crippen LogP contribution in [0, 0.1) is 5.82 Å². The molecule has 0 fully saturated rings. The van der Waals surface area contributed by atoms with Crippen LogP contribution in [0.25, 0.3) is 0 Å². The molecule has 0 atom stereocenters. The first kappa shape index (κ1) is 13.5. The molecule has 2 nitrogen and oxygen atoms in total. The Morgan fingerprint density at radius 3 is 2.89 bits per heavy atom. The summed E-state index contributed by atoms with van der Waals surface area (Å²) in [5.74, 6) is -0.382. The molecule has 96 valence electrons. The minimum atomic E-state index is -0.382. The van der Waals surface area contributed by atoms with Crippen molar-refractivity contribution >= 4 is 22.9 Å². The number of nitrogens with one attached hydrogen (secondary N) is 1. The normalized spacial score (nSPS) is 10.8. The predicted molar refractivity (Wildman–Crippen MR) is 73.4 cm³/mol. The highest BCUT2D eigenvalue weighted by Crippen LogP contribution is 2.16. The fourth-order valence-electron chi connectivity index (χ4n) is 1.58. The molecule has 0 spiro atoms. The van der Waals surface area contributed by atoms with E-state index in [-0.39, 0.29) is 10.8 Å². The second-order valence-electron chi connectivity index (χ2n) is 3.94. The molecular formula is C13H14ClFN2S. The lowest BCUT2D eigenvalue weighted by Crippen LogP contribution is -2.13. The van der Waals surface area contributed by atoms with Gasteiger partial charge in [-0.25, -0.2) is 9.37 Å². The van der Waals surface area contributed by atoms with Crippen LogP contribution in [-0.2, 0) is 19.5 Å². The third-order valence-electron chi connectivity index (χ3n) is 2.52. The zero-order chi connectivity index (χ0) is 13.0. The van der Waals surface area contributed by atoms with Crippen molar-refractivity contribution in [2.24, 2.45) is 0 Å². The van der Waals surface area contributed by atoms with Crippen LogP contribution in [0.4, 0.5) is 4.39 Å². The van der Waals surface area contributed by atoms with E-state index >= 15 is 0 Å². The maximum absolute atomic E-state index is 13.0. The van der Waals surface area contributed by atoms with E-state index in [4.69, 9.17) is 11.6 Å². The van der Waals surface area contributed by atoms with Gasteiger partial charge in [0.1, 0.15) is 5.82 Å². The first-order valence-corrected chi connectivity index (χ1v) is 7.02. The molecular weight excluding hydrogens is 271 g/mol. The Balaban J connectivity index is 1.86. The van der Waals surface area contributed by atoms with Crippen molar-refractivity contribution in [2.75, 3.05) is 0 Å². The number of halogens is 2. The van der Waals surface area contributed by atoms with Crippen LogP contribution in [0.2, 0.25) is 5.02 Å². The molecule has 2 aromatic rings. The standard InChI is InChI=1S/C13H14ClFN2S/c1-2-13-17-10(8-18-13)7-16-6-9-3-4-12(15)11(14)5-9/h3-5,8,16H,2,6-7H2,1H3. The van der Waals surface area contributed by atoms with Crippen molar-refractivity contribution in [3.63, 3.8) is 0 Å². The lowest BCUT2D eigenvalue weighted by Gasteiger charge is -2.04. The summed E-state index contributed by atoms with van der Waals surface area (Å²) in [7, 11) is 0. The van der Waals surface area contributed by atoms with Crippen molar-refractivity contribution in [2.45, 2.75) is 26.4 Å². The maximum Gasteiger partial charge on any atom is 0.141 e. The zero-order valence-corrected chi connectivity index (χ0v) is 11.6. The molecule has 0 aliphatic heterocycles. The largest absolute Gasteiger partial charge is 0.307 e. The van der Waals surface area contributed by atoms with Gasteiger partial charge in [-0.15, -0.1) is 11.3 Å². The molecule has 18 heavy (non-hydrogen) atoms. The molecule has 0 aliphatic carbocycles. The molecule has 1 aromatic heterocycles. The number of hydrogen-bond donors (Lipinski definition) is 1. The van der Waals surface area contributed by atoms with Gasteiger partial charge in [0.05, 0.1) is 15.7 Å². The smallest absolute Gasteiger partial charge is 0.141 e. The number of thiazole rings is 1. The Morgan fingerprint density at radius 2 is 2.22 bits per heavy atom. The van der Waals surface area contributed by atoms with Crippen LogP contribution in [0.5, 0.6) is 0 Å². The van der Waals surface area contributed by atoms with Gasteiger partial charge < -0.3 is 5.32 Å². The third kappa shape index (κ3) is 3.51. The van der Waals surface area contributed by atoms with Crippen LogP contribution in [0.1, 0.15) is 23.2 Å². The summed E-state index contributed by atoms with van der Waals surface area (Å²) in [5, 5.41) is 6.64. The van der Waals surface area contributed by atoms with Crippen LogP contribution >= 0.6 is 22.9 Å². The van der Waals surface area contributed by atoms with Gasteiger partial charge in [-0.3, -0.25) is 0 Å². The Hall–Kier alpha value is -0.970. The van der Waals surface area contributed by atoms with Gasteiger partial charge in [0, 0.05) is 18.5 Å². The molecule has 0 unspecified atom stereocenters. The van der Waals surface area contributed by atoms with Gasteiger partial charge in [-0.05, 0) is 24.1 Å². The van der Waals surface area contributed by atoms with E-state index in [9.17, 15) is 4.39 Å². The highest BCUT2D eigenvalue weighted by atomic mass is 35.5. The van der Waals surface area contributed by atoms with E-state index in [1.165, 1.54) is 6.07 Å². The van der Waals surface area contributed by atoms with Gasteiger partial charge in [-0.1, -0.05) is 24.6 Å². The average Bonchev–Trinajstić information content (AvgIpc) is 2.82. The molecule has 5 heteroatoms. The second kappa shape index (κ2) is 6.27. The fraction of sp³-hybridized carbons (Fsp3) is 0.308. The van der Waals surface area contributed by atoms with E-state index in [1.54, 1.807) is 23.5 Å². The summed E-state index contributed by atoms with van der Waals surface area (Å²) in [6, 6.07) is 4.76. The highest BCUT2D eigenvalue weighted by molar-refractivity contribution is 7.09. The minimum Gasteiger partial charge on any atom is -0.307 e. The molecule has 0 amide bonds. The molecule has 1 N–H and O–H groups in total. The number of nitrogens with zero attached hydrogens (tertiary/aromatic N) is 1. The first-order valence-electron chi connectivity index (χ1n) is 5.77. The highest BCUT2D eigenvalue weighted by Gasteiger charge is 2.02. The Bertz CT molecular complexity index is 527. The molecule has 0 radical (unpaired) electrons. The van der Waals surface area contributed by atoms with Crippen LogP contribution in [0.3, 0.4) is 0 Å². The van der Waals surface area contributed by atoms with Gasteiger partial charge in [0.15, 0.2) is 0 Å². The summed E-state index contributed by atoms with van der Waals surface area (Å²) in [6.07, 6.45) is 0.970. The summed E-state index contributed by atoms with van der Waals surface area (Å²) in [4.78, 5) is 4.46. The third-order valence-corrected chi connectivity index (χ3v) is 3.85. The molecule has 0 aliphatic rings. The summed E-state index contributed by atoms with van der Waals surface area (Å²) in [6.45, 7) is 3.46. The van der Waals surface area contributed by atoms with Crippen molar-refractivity contribution in [3.05, 3.63) is 50.7 Å². The molecule has 1 heterocycles. The monoisotopic (exact) mass is 284 g/mol. The SMILES string of the molecule is CCc1nc(CNCc2ccc(F)c(Cl)c2)cs1. The average molecular weight is 285 g/mol. The lowest BCUT2D eigenvalue weighted by atomic mass is 10.2. The van der Waals surface area contributed by atoms with Crippen molar-refractivity contribution in [3.8, 4) is 0 Å². The number of aromatic nitrogens is 1. The summed E-state index contributed by atoms with van der Waals surface area (Å²) < 4.78 is 13.0. The number of rotatable bonds is 5. The van der Waals surface area contributed by atoms with E-state index in [0.717, 1.165) is 22.7 Å². The summed E-state index contributed by atoms with van der Waals surface area (Å²) >= 11 is 7.40. The Kier molecular flexibility index (Phi) is 4.69. The van der Waals surface area contributed by atoms with Gasteiger partial charge in [0.25, 0.3) is 0 Å². The number of aryl methyl sites for hydroxylation is 1. The predicted octanol–water partition coefficient (Wildman–Crippen LogP) is 3.79. The maximum atomic E-state index is 13.0. The molecule has 0 saturated heterocycles. The second-order valence-corrected chi connectivity index (χ2v) is 5.29. The summed E-state index contributed by atoms with van der Waals surface area (Å²) in [5.41, 5.74) is 2.01. The van der Waals surface area contributed by atoms with Crippen LogP contribution in [-0.4, -0.2) is 4.98 Å². The molecule has 0 bridgehead atoms. The Labute approximate surface area is 115 Å². The quantitative estimate of drug-likeness (QED) is 0.904.